The average Bonchev–Trinajstić information content (AvgIpc) is 2.92. The van der Waals surface area contributed by atoms with E-state index in [1.807, 2.05) is 28.8 Å². The molecule has 5 nitrogen and oxygen atoms in total. The number of fused-ring (bicyclic) bond motifs is 1. The van der Waals surface area contributed by atoms with Gasteiger partial charge in [0.2, 0.25) is 0 Å². The van der Waals surface area contributed by atoms with Crippen LogP contribution in [0.5, 0.6) is 0 Å². The van der Waals surface area contributed by atoms with Crippen LogP contribution in [0.2, 0.25) is 0 Å². The summed E-state index contributed by atoms with van der Waals surface area (Å²) in [6.07, 6.45) is 2.53. The third-order valence-corrected chi connectivity index (χ3v) is 2.78. The zero-order chi connectivity index (χ0) is 10.4. The lowest BCUT2D eigenvalue weighted by atomic mass is 10.3. The SMILES string of the molecule is O=C(O)C1CC1c1nnc2ccccn12. The van der Waals surface area contributed by atoms with E-state index in [0.29, 0.717) is 6.42 Å². The van der Waals surface area contributed by atoms with Crippen LogP contribution in [-0.4, -0.2) is 25.7 Å². The summed E-state index contributed by atoms with van der Waals surface area (Å²) in [4.78, 5) is 10.7. The van der Waals surface area contributed by atoms with Gasteiger partial charge in [-0.15, -0.1) is 10.2 Å². The Labute approximate surface area is 85.4 Å². The maximum absolute atomic E-state index is 10.7. The summed E-state index contributed by atoms with van der Waals surface area (Å²) in [5.41, 5.74) is 0.767. The Morgan fingerprint density at radius 3 is 3.07 bits per heavy atom. The van der Waals surface area contributed by atoms with Gasteiger partial charge in [0.15, 0.2) is 5.65 Å². The number of aliphatic carboxylic acids is 1. The third-order valence-electron chi connectivity index (χ3n) is 2.78. The summed E-state index contributed by atoms with van der Waals surface area (Å²) >= 11 is 0. The molecule has 5 heteroatoms. The average molecular weight is 203 g/mol. The van der Waals surface area contributed by atoms with E-state index in [0.717, 1.165) is 11.5 Å². The first-order valence-corrected chi connectivity index (χ1v) is 4.80. The number of nitrogens with zero attached hydrogens (tertiary/aromatic N) is 3. The van der Waals surface area contributed by atoms with Crippen LogP contribution >= 0.6 is 0 Å². The van der Waals surface area contributed by atoms with Crippen LogP contribution in [0.25, 0.3) is 5.65 Å². The zero-order valence-electron chi connectivity index (χ0n) is 7.87. The fourth-order valence-corrected chi connectivity index (χ4v) is 1.87. The summed E-state index contributed by atoms with van der Waals surface area (Å²) in [5.74, 6) is -0.233. The summed E-state index contributed by atoms with van der Waals surface area (Å²) in [6.45, 7) is 0. The largest absolute Gasteiger partial charge is 0.481 e. The third kappa shape index (κ3) is 1.20. The van der Waals surface area contributed by atoms with Crippen molar-refractivity contribution in [3.63, 3.8) is 0 Å². The molecule has 1 fully saturated rings. The number of carboxylic acid groups (broad SMARTS) is 1. The van der Waals surface area contributed by atoms with Gasteiger partial charge in [-0.3, -0.25) is 9.20 Å². The van der Waals surface area contributed by atoms with Crippen LogP contribution < -0.4 is 0 Å². The van der Waals surface area contributed by atoms with Gasteiger partial charge in [-0.2, -0.15) is 0 Å². The molecule has 0 saturated heterocycles. The van der Waals surface area contributed by atoms with Crippen LogP contribution in [-0.2, 0) is 4.79 Å². The topological polar surface area (TPSA) is 67.5 Å². The second kappa shape index (κ2) is 2.79. The fraction of sp³-hybridized carbons (Fsp3) is 0.300. The highest BCUT2D eigenvalue weighted by molar-refractivity contribution is 5.74. The second-order valence-electron chi connectivity index (χ2n) is 3.77. The van der Waals surface area contributed by atoms with E-state index >= 15 is 0 Å². The normalized spacial score (nSPS) is 24.3. The minimum Gasteiger partial charge on any atom is -0.481 e. The minimum absolute atomic E-state index is 0.0277. The van der Waals surface area contributed by atoms with Crippen LogP contribution in [0.4, 0.5) is 0 Å². The summed E-state index contributed by atoms with van der Waals surface area (Å²) in [6, 6.07) is 5.63. The second-order valence-corrected chi connectivity index (χ2v) is 3.77. The molecule has 15 heavy (non-hydrogen) atoms. The number of carbonyl (C=O) groups is 1. The van der Waals surface area contributed by atoms with Crippen LogP contribution in [0.3, 0.4) is 0 Å². The molecule has 2 aromatic heterocycles. The number of carboxylic acids is 1. The molecular formula is C10H9N3O2. The molecule has 2 heterocycles. The highest BCUT2D eigenvalue weighted by Crippen LogP contribution is 2.46. The van der Waals surface area contributed by atoms with E-state index in [1.54, 1.807) is 0 Å². The smallest absolute Gasteiger partial charge is 0.307 e. The monoisotopic (exact) mass is 203 g/mol. The molecule has 3 rings (SSSR count). The van der Waals surface area contributed by atoms with Crippen molar-refractivity contribution in [2.75, 3.05) is 0 Å². The Hall–Kier alpha value is -1.91. The van der Waals surface area contributed by atoms with Crippen molar-refractivity contribution in [3.8, 4) is 0 Å². The molecule has 1 N–H and O–H groups in total. The summed E-state index contributed by atoms with van der Waals surface area (Å²) < 4.78 is 1.85. The van der Waals surface area contributed by atoms with Crippen molar-refractivity contribution < 1.29 is 9.90 Å². The Morgan fingerprint density at radius 2 is 2.33 bits per heavy atom. The van der Waals surface area contributed by atoms with Gasteiger partial charge in [-0.05, 0) is 18.6 Å². The lowest BCUT2D eigenvalue weighted by molar-refractivity contribution is -0.138. The van der Waals surface area contributed by atoms with Crippen molar-refractivity contribution >= 4 is 11.6 Å². The van der Waals surface area contributed by atoms with E-state index in [4.69, 9.17) is 5.11 Å². The highest BCUT2D eigenvalue weighted by Gasteiger charge is 2.47. The number of pyridine rings is 1. The van der Waals surface area contributed by atoms with Crippen molar-refractivity contribution in [3.05, 3.63) is 30.2 Å². The number of hydrogen-bond acceptors (Lipinski definition) is 3. The molecule has 0 radical (unpaired) electrons. The molecule has 1 aliphatic rings. The predicted octanol–water partition coefficient (Wildman–Crippen LogP) is 0.917. The molecule has 0 aliphatic heterocycles. The van der Waals surface area contributed by atoms with Crippen LogP contribution in [0.1, 0.15) is 18.2 Å². The van der Waals surface area contributed by atoms with Gasteiger partial charge in [0.25, 0.3) is 0 Å². The minimum atomic E-state index is -0.743. The summed E-state index contributed by atoms with van der Waals surface area (Å²) in [7, 11) is 0. The number of hydrogen-bond donors (Lipinski definition) is 1. The van der Waals surface area contributed by atoms with E-state index < -0.39 is 5.97 Å². The fourth-order valence-electron chi connectivity index (χ4n) is 1.87. The van der Waals surface area contributed by atoms with Gasteiger partial charge < -0.3 is 5.11 Å². The van der Waals surface area contributed by atoms with Crippen molar-refractivity contribution in [2.45, 2.75) is 12.3 Å². The summed E-state index contributed by atoms with van der Waals surface area (Å²) in [5, 5.41) is 16.9. The Morgan fingerprint density at radius 1 is 1.47 bits per heavy atom. The van der Waals surface area contributed by atoms with Crippen molar-refractivity contribution in [1.82, 2.24) is 14.6 Å². The first kappa shape index (κ1) is 8.40. The van der Waals surface area contributed by atoms with Crippen LogP contribution in [0, 0.1) is 5.92 Å². The molecule has 2 unspecified atom stereocenters. The van der Waals surface area contributed by atoms with E-state index in [9.17, 15) is 4.79 Å². The number of aromatic nitrogens is 3. The van der Waals surface area contributed by atoms with Gasteiger partial charge >= 0.3 is 5.97 Å². The quantitative estimate of drug-likeness (QED) is 0.788. The molecule has 2 aromatic rings. The van der Waals surface area contributed by atoms with Gasteiger partial charge in [0, 0.05) is 12.1 Å². The molecular weight excluding hydrogens is 194 g/mol. The Bertz CT molecular complexity index is 534. The van der Waals surface area contributed by atoms with E-state index in [1.165, 1.54) is 0 Å². The van der Waals surface area contributed by atoms with Gasteiger partial charge in [-0.1, -0.05) is 6.07 Å². The van der Waals surface area contributed by atoms with E-state index in [2.05, 4.69) is 10.2 Å². The van der Waals surface area contributed by atoms with Crippen molar-refractivity contribution in [2.24, 2.45) is 5.92 Å². The molecule has 0 aromatic carbocycles. The molecule has 2 atom stereocenters. The maximum Gasteiger partial charge on any atom is 0.307 e. The van der Waals surface area contributed by atoms with Crippen LogP contribution in [0.15, 0.2) is 24.4 Å². The first-order valence-electron chi connectivity index (χ1n) is 4.80. The van der Waals surface area contributed by atoms with E-state index in [-0.39, 0.29) is 11.8 Å². The molecule has 0 spiro atoms. The molecule has 0 bridgehead atoms. The molecule has 1 aliphatic carbocycles. The zero-order valence-corrected chi connectivity index (χ0v) is 7.87. The standard InChI is InChI=1S/C10H9N3O2/c14-10(15)7-5-6(7)9-12-11-8-3-1-2-4-13(8)9/h1-4,6-7H,5H2,(H,14,15). The van der Waals surface area contributed by atoms with Gasteiger partial charge in [0.1, 0.15) is 5.82 Å². The maximum atomic E-state index is 10.7. The van der Waals surface area contributed by atoms with Gasteiger partial charge in [0.05, 0.1) is 5.92 Å². The predicted molar refractivity (Wildman–Crippen MR) is 51.5 cm³/mol. The first-order chi connectivity index (χ1) is 7.27. The highest BCUT2D eigenvalue weighted by atomic mass is 16.4. The lowest BCUT2D eigenvalue weighted by Crippen LogP contribution is -2.01. The Balaban J connectivity index is 2.03. The van der Waals surface area contributed by atoms with Crippen molar-refractivity contribution in [1.29, 1.82) is 0 Å². The molecule has 0 amide bonds. The van der Waals surface area contributed by atoms with Gasteiger partial charge in [-0.25, -0.2) is 0 Å². The lowest BCUT2D eigenvalue weighted by Gasteiger charge is -1.96. The Kier molecular flexibility index (Phi) is 1.56. The molecule has 76 valence electrons. The number of rotatable bonds is 2. The molecule has 1 saturated carbocycles.